The Labute approximate surface area is 125 Å². The number of oxime groups is 1. The summed E-state index contributed by atoms with van der Waals surface area (Å²) < 4.78 is 0. The number of anilines is 1. The molecule has 0 spiro atoms. The van der Waals surface area contributed by atoms with E-state index in [-0.39, 0.29) is 0 Å². The van der Waals surface area contributed by atoms with Crippen molar-refractivity contribution in [3.05, 3.63) is 54.6 Å². The Balaban J connectivity index is 1.78. The van der Waals surface area contributed by atoms with Crippen LogP contribution in [-0.4, -0.2) is 17.6 Å². The summed E-state index contributed by atoms with van der Waals surface area (Å²) in [6.07, 6.45) is 2.52. The summed E-state index contributed by atoms with van der Waals surface area (Å²) in [7, 11) is 0. The molecule has 2 rings (SSSR count). The highest BCUT2D eigenvalue weighted by atomic mass is 16.4. The Bertz CT molecular complexity index is 564. The molecule has 0 aliphatic carbocycles. The first-order chi connectivity index (χ1) is 10.3. The predicted molar refractivity (Wildman–Crippen MR) is 87.6 cm³/mol. The first-order valence-corrected chi connectivity index (χ1v) is 7.15. The van der Waals surface area contributed by atoms with Gasteiger partial charge in [0, 0.05) is 18.7 Å². The van der Waals surface area contributed by atoms with Gasteiger partial charge in [0.1, 0.15) is 5.84 Å². The third kappa shape index (κ3) is 4.84. The first-order valence-electron chi connectivity index (χ1n) is 7.15. The Morgan fingerprint density at radius 2 is 1.62 bits per heavy atom. The summed E-state index contributed by atoms with van der Waals surface area (Å²) in [6, 6.07) is 18.7. The van der Waals surface area contributed by atoms with Crippen molar-refractivity contribution in [3.63, 3.8) is 0 Å². The van der Waals surface area contributed by atoms with Gasteiger partial charge in [-0.15, -0.1) is 0 Å². The van der Waals surface area contributed by atoms with E-state index in [0.29, 0.717) is 12.3 Å². The Kier molecular flexibility index (Phi) is 5.64. The van der Waals surface area contributed by atoms with Gasteiger partial charge in [0.25, 0.3) is 0 Å². The van der Waals surface area contributed by atoms with Gasteiger partial charge >= 0.3 is 0 Å². The maximum absolute atomic E-state index is 8.44. The summed E-state index contributed by atoms with van der Waals surface area (Å²) in [6.45, 7) is 0.878. The van der Waals surface area contributed by atoms with Gasteiger partial charge in [-0.05, 0) is 36.1 Å². The van der Waals surface area contributed by atoms with Crippen LogP contribution in [0.15, 0.2) is 59.8 Å². The molecule has 110 valence electrons. The van der Waals surface area contributed by atoms with Crippen LogP contribution in [0, 0.1) is 0 Å². The van der Waals surface area contributed by atoms with Crippen LogP contribution in [0.25, 0.3) is 11.1 Å². The van der Waals surface area contributed by atoms with Gasteiger partial charge in [0.15, 0.2) is 0 Å². The maximum atomic E-state index is 8.44. The molecule has 0 aliphatic heterocycles. The molecular weight excluding hydrogens is 262 g/mol. The number of hydrogen-bond acceptors (Lipinski definition) is 3. The van der Waals surface area contributed by atoms with Crippen LogP contribution in [0.5, 0.6) is 0 Å². The topological polar surface area (TPSA) is 70.6 Å². The van der Waals surface area contributed by atoms with Crippen LogP contribution in [0.4, 0.5) is 5.69 Å². The molecule has 0 amide bonds. The van der Waals surface area contributed by atoms with Crippen LogP contribution >= 0.6 is 0 Å². The zero-order chi connectivity index (χ0) is 14.9. The van der Waals surface area contributed by atoms with Crippen molar-refractivity contribution in [2.45, 2.75) is 19.3 Å². The molecule has 2 aromatic carbocycles. The van der Waals surface area contributed by atoms with E-state index >= 15 is 0 Å². The SMILES string of the molecule is NC(CCCCNc1ccc(-c2ccccc2)cc1)=NO. The van der Waals surface area contributed by atoms with E-state index in [0.717, 1.165) is 25.1 Å². The number of rotatable bonds is 7. The third-order valence-corrected chi connectivity index (χ3v) is 3.31. The molecule has 4 heteroatoms. The molecule has 4 N–H and O–H groups in total. The Morgan fingerprint density at radius 3 is 2.29 bits per heavy atom. The lowest BCUT2D eigenvalue weighted by Gasteiger charge is -2.07. The molecule has 0 atom stereocenters. The second-order valence-corrected chi connectivity index (χ2v) is 4.92. The molecule has 2 aromatic rings. The van der Waals surface area contributed by atoms with Gasteiger partial charge in [-0.1, -0.05) is 47.6 Å². The minimum Gasteiger partial charge on any atom is -0.409 e. The molecule has 4 nitrogen and oxygen atoms in total. The van der Waals surface area contributed by atoms with Crippen molar-refractivity contribution in [1.29, 1.82) is 0 Å². The highest BCUT2D eigenvalue weighted by molar-refractivity contribution is 5.79. The predicted octanol–water partition coefficient (Wildman–Crippen LogP) is 3.68. The van der Waals surface area contributed by atoms with Crippen LogP contribution in [0.2, 0.25) is 0 Å². The quantitative estimate of drug-likeness (QED) is 0.239. The van der Waals surface area contributed by atoms with Crippen molar-refractivity contribution < 1.29 is 5.21 Å². The smallest absolute Gasteiger partial charge is 0.139 e. The van der Waals surface area contributed by atoms with Gasteiger partial charge < -0.3 is 16.3 Å². The van der Waals surface area contributed by atoms with Crippen molar-refractivity contribution in [1.82, 2.24) is 0 Å². The highest BCUT2D eigenvalue weighted by Crippen LogP contribution is 2.20. The number of unbranched alkanes of at least 4 members (excludes halogenated alkanes) is 1. The van der Waals surface area contributed by atoms with E-state index in [1.54, 1.807) is 0 Å². The van der Waals surface area contributed by atoms with Gasteiger partial charge in [0.2, 0.25) is 0 Å². The zero-order valence-corrected chi connectivity index (χ0v) is 12.0. The van der Waals surface area contributed by atoms with Gasteiger partial charge in [-0.2, -0.15) is 0 Å². The number of nitrogens with zero attached hydrogens (tertiary/aromatic N) is 1. The van der Waals surface area contributed by atoms with Gasteiger partial charge in [0.05, 0.1) is 0 Å². The molecule has 0 saturated carbocycles. The molecule has 0 saturated heterocycles. The normalized spacial score (nSPS) is 11.3. The Hall–Kier alpha value is -2.49. The summed E-state index contributed by atoms with van der Waals surface area (Å²) in [5, 5.41) is 14.8. The molecule has 0 aromatic heterocycles. The van der Waals surface area contributed by atoms with E-state index in [1.165, 1.54) is 11.1 Å². The summed E-state index contributed by atoms with van der Waals surface area (Å²) in [4.78, 5) is 0. The summed E-state index contributed by atoms with van der Waals surface area (Å²) >= 11 is 0. The monoisotopic (exact) mass is 283 g/mol. The lowest BCUT2D eigenvalue weighted by molar-refractivity contribution is 0.316. The number of amidine groups is 1. The number of nitrogens with one attached hydrogen (secondary N) is 1. The second kappa shape index (κ2) is 7.94. The molecular formula is C17H21N3O. The number of nitrogens with two attached hydrogens (primary N) is 1. The van der Waals surface area contributed by atoms with E-state index in [1.807, 2.05) is 18.2 Å². The maximum Gasteiger partial charge on any atom is 0.139 e. The minimum atomic E-state index is 0.294. The molecule has 0 bridgehead atoms. The zero-order valence-electron chi connectivity index (χ0n) is 12.0. The average molecular weight is 283 g/mol. The summed E-state index contributed by atoms with van der Waals surface area (Å²) in [5.74, 6) is 0.294. The lowest BCUT2D eigenvalue weighted by atomic mass is 10.1. The van der Waals surface area contributed by atoms with E-state index in [9.17, 15) is 0 Å². The van der Waals surface area contributed by atoms with Crippen LogP contribution in [0.3, 0.4) is 0 Å². The molecule has 0 fully saturated rings. The third-order valence-electron chi connectivity index (χ3n) is 3.31. The van der Waals surface area contributed by atoms with Crippen LogP contribution < -0.4 is 11.1 Å². The van der Waals surface area contributed by atoms with Gasteiger partial charge in [-0.3, -0.25) is 0 Å². The van der Waals surface area contributed by atoms with Crippen molar-refractivity contribution in [2.24, 2.45) is 10.9 Å². The molecule has 0 heterocycles. The largest absolute Gasteiger partial charge is 0.409 e. The lowest BCUT2D eigenvalue weighted by Crippen LogP contribution is -2.11. The number of benzene rings is 2. The standard InChI is InChI=1S/C17H21N3O/c18-17(20-21)8-4-5-13-19-16-11-9-15(10-12-16)14-6-2-1-3-7-14/h1-3,6-7,9-12,19,21H,4-5,8,13H2,(H2,18,20). The fraction of sp³-hybridized carbons (Fsp3) is 0.235. The average Bonchev–Trinajstić information content (AvgIpc) is 2.55. The van der Waals surface area contributed by atoms with Crippen molar-refractivity contribution >= 4 is 11.5 Å². The van der Waals surface area contributed by atoms with Crippen LogP contribution in [0.1, 0.15) is 19.3 Å². The molecule has 0 unspecified atom stereocenters. The van der Waals surface area contributed by atoms with E-state index < -0.39 is 0 Å². The second-order valence-electron chi connectivity index (χ2n) is 4.92. The van der Waals surface area contributed by atoms with E-state index in [2.05, 4.69) is 46.9 Å². The highest BCUT2D eigenvalue weighted by Gasteiger charge is 1.98. The molecule has 0 aliphatic rings. The van der Waals surface area contributed by atoms with Crippen LogP contribution in [-0.2, 0) is 0 Å². The minimum absolute atomic E-state index is 0.294. The molecule has 21 heavy (non-hydrogen) atoms. The molecule has 0 radical (unpaired) electrons. The number of hydrogen-bond donors (Lipinski definition) is 3. The summed E-state index contributed by atoms with van der Waals surface area (Å²) in [5.41, 5.74) is 8.97. The Morgan fingerprint density at radius 1 is 0.952 bits per heavy atom. The van der Waals surface area contributed by atoms with Crippen molar-refractivity contribution in [3.8, 4) is 11.1 Å². The van der Waals surface area contributed by atoms with Gasteiger partial charge in [-0.25, -0.2) is 0 Å². The van der Waals surface area contributed by atoms with E-state index in [4.69, 9.17) is 10.9 Å². The fourth-order valence-corrected chi connectivity index (χ4v) is 2.12. The van der Waals surface area contributed by atoms with Crippen molar-refractivity contribution in [2.75, 3.05) is 11.9 Å². The first kappa shape index (κ1) is 14.9. The fourth-order valence-electron chi connectivity index (χ4n) is 2.12.